The summed E-state index contributed by atoms with van der Waals surface area (Å²) in [6, 6.07) is 17.3. The molecule has 2 rings (SSSR count). The maximum atomic E-state index is 12.3. The number of aryl methyl sites for hydroxylation is 1. The standard InChI is InChI=1S/C16H18N2O/c1-3-18(15-11-7-8-13(2)12-15)16(19)17-14-9-5-4-6-10-14/h4-12H,3H2,1-2H3,(H,17,19). The molecule has 3 nitrogen and oxygen atoms in total. The molecule has 0 aliphatic heterocycles. The highest BCUT2D eigenvalue weighted by Crippen LogP contribution is 2.17. The SMILES string of the molecule is CCN(C(=O)Nc1ccccc1)c1cccc(C)c1. The molecule has 0 aliphatic rings. The van der Waals surface area contributed by atoms with Gasteiger partial charge >= 0.3 is 6.03 Å². The molecule has 0 spiro atoms. The highest BCUT2D eigenvalue weighted by atomic mass is 16.2. The van der Waals surface area contributed by atoms with Gasteiger partial charge in [0.15, 0.2) is 0 Å². The average molecular weight is 254 g/mol. The second-order valence-electron chi connectivity index (χ2n) is 4.38. The molecule has 0 fully saturated rings. The van der Waals surface area contributed by atoms with E-state index < -0.39 is 0 Å². The summed E-state index contributed by atoms with van der Waals surface area (Å²) in [6.07, 6.45) is 0. The minimum atomic E-state index is -0.112. The highest BCUT2D eigenvalue weighted by Gasteiger charge is 2.13. The van der Waals surface area contributed by atoms with Gasteiger partial charge in [-0.3, -0.25) is 4.90 Å². The number of carbonyl (C=O) groups excluding carboxylic acids is 1. The third kappa shape index (κ3) is 3.35. The molecule has 0 radical (unpaired) electrons. The number of anilines is 2. The summed E-state index contributed by atoms with van der Waals surface area (Å²) in [7, 11) is 0. The van der Waals surface area contributed by atoms with Crippen molar-refractivity contribution in [3.8, 4) is 0 Å². The van der Waals surface area contributed by atoms with Crippen molar-refractivity contribution in [3.63, 3.8) is 0 Å². The fourth-order valence-electron chi connectivity index (χ4n) is 1.95. The van der Waals surface area contributed by atoms with Crippen LogP contribution >= 0.6 is 0 Å². The highest BCUT2D eigenvalue weighted by molar-refractivity contribution is 6.01. The summed E-state index contributed by atoms with van der Waals surface area (Å²) in [5, 5.41) is 2.90. The van der Waals surface area contributed by atoms with Gasteiger partial charge in [0, 0.05) is 17.9 Å². The van der Waals surface area contributed by atoms with Gasteiger partial charge in [0.05, 0.1) is 0 Å². The van der Waals surface area contributed by atoms with E-state index in [-0.39, 0.29) is 6.03 Å². The number of amides is 2. The van der Waals surface area contributed by atoms with Crippen molar-refractivity contribution in [2.45, 2.75) is 13.8 Å². The Labute approximate surface area is 113 Å². The Morgan fingerprint density at radius 1 is 1.11 bits per heavy atom. The van der Waals surface area contributed by atoms with Gasteiger partial charge in [0.1, 0.15) is 0 Å². The molecule has 2 amide bonds. The monoisotopic (exact) mass is 254 g/mol. The number of hydrogen-bond donors (Lipinski definition) is 1. The minimum absolute atomic E-state index is 0.112. The van der Waals surface area contributed by atoms with E-state index in [0.29, 0.717) is 6.54 Å². The lowest BCUT2D eigenvalue weighted by Gasteiger charge is -2.22. The van der Waals surface area contributed by atoms with Crippen molar-refractivity contribution in [1.82, 2.24) is 0 Å². The molecule has 1 N–H and O–H groups in total. The number of para-hydroxylation sites is 1. The Morgan fingerprint density at radius 3 is 2.47 bits per heavy atom. The van der Waals surface area contributed by atoms with E-state index in [2.05, 4.69) is 5.32 Å². The summed E-state index contributed by atoms with van der Waals surface area (Å²) >= 11 is 0. The second-order valence-corrected chi connectivity index (χ2v) is 4.38. The lowest BCUT2D eigenvalue weighted by atomic mass is 10.2. The van der Waals surface area contributed by atoms with Crippen LogP contribution in [0.2, 0.25) is 0 Å². The quantitative estimate of drug-likeness (QED) is 0.880. The molecule has 2 aromatic carbocycles. The topological polar surface area (TPSA) is 32.3 Å². The minimum Gasteiger partial charge on any atom is -0.308 e. The zero-order valence-corrected chi connectivity index (χ0v) is 11.3. The molecule has 0 bridgehead atoms. The van der Waals surface area contributed by atoms with Crippen molar-refractivity contribution in [1.29, 1.82) is 0 Å². The van der Waals surface area contributed by atoms with Gasteiger partial charge in [-0.05, 0) is 43.7 Å². The van der Waals surface area contributed by atoms with Gasteiger partial charge < -0.3 is 5.32 Å². The molecule has 2 aromatic rings. The third-order valence-corrected chi connectivity index (χ3v) is 2.90. The molecular weight excluding hydrogens is 236 g/mol. The molecule has 0 saturated heterocycles. The molecule has 0 heterocycles. The first-order valence-electron chi connectivity index (χ1n) is 6.41. The van der Waals surface area contributed by atoms with Crippen LogP contribution in [0, 0.1) is 6.92 Å². The molecule has 0 saturated carbocycles. The van der Waals surface area contributed by atoms with Crippen LogP contribution in [0.5, 0.6) is 0 Å². The maximum absolute atomic E-state index is 12.3. The van der Waals surface area contributed by atoms with E-state index >= 15 is 0 Å². The summed E-state index contributed by atoms with van der Waals surface area (Å²) in [4.78, 5) is 14.0. The third-order valence-electron chi connectivity index (χ3n) is 2.90. The molecule has 19 heavy (non-hydrogen) atoms. The van der Waals surface area contributed by atoms with Crippen molar-refractivity contribution < 1.29 is 4.79 Å². The van der Waals surface area contributed by atoms with Crippen LogP contribution in [0.25, 0.3) is 0 Å². The number of hydrogen-bond acceptors (Lipinski definition) is 1. The Morgan fingerprint density at radius 2 is 1.84 bits per heavy atom. The fraction of sp³-hybridized carbons (Fsp3) is 0.188. The first-order chi connectivity index (χ1) is 9.20. The predicted molar refractivity (Wildman–Crippen MR) is 79.7 cm³/mol. The summed E-state index contributed by atoms with van der Waals surface area (Å²) in [5.41, 5.74) is 2.86. The van der Waals surface area contributed by atoms with E-state index in [4.69, 9.17) is 0 Å². The van der Waals surface area contributed by atoms with Crippen LogP contribution in [-0.4, -0.2) is 12.6 Å². The van der Waals surface area contributed by atoms with Crippen LogP contribution in [0.1, 0.15) is 12.5 Å². The smallest absolute Gasteiger partial charge is 0.308 e. The van der Waals surface area contributed by atoms with Crippen molar-refractivity contribution in [2.75, 3.05) is 16.8 Å². The van der Waals surface area contributed by atoms with E-state index in [1.54, 1.807) is 4.90 Å². The molecule has 0 unspecified atom stereocenters. The van der Waals surface area contributed by atoms with E-state index in [0.717, 1.165) is 16.9 Å². The van der Waals surface area contributed by atoms with Gasteiger partial charge in [-0.15, -0.1) is 0 Å². The first kappa shape index (κ1) is 13.1. The van der Waals surface area contributed by atoms with Crippen molar-refractivity contribution in [3.05, 3.63) is 60.2 Å². The van der Waals surface area contributed by atoms with Crippen molar-refractivity contribution >= 4 is 17.4 Å². The van der Waals surface area contributed by atoms with Crippen LogP contribution in [0.3, 0.4) is 0 Å². The first-order valence-corrected chi connectivity index (χ1v) is 6.41. The maximum Gasteiger partial charge on any atom is 0.326 e. The van der Waals surface area contributed by atoms with E-state index in [9.17, 15) is 4.79 Å². The normalized spacial score (nSPS) is 10.0. The van der Waals surface area contributed by atoms with Crippen LogP contribution in [0.15, 0.2) is 54.6 Å². The predicted octanol–water partition coefficient (Wildman–Crippen LogP) is 4.05. The van der Waals surface area contributed by atoms with E-state index in [1.165, 1.54) is 0 Å². The van der Waals surface area contributed by atoms with Gasteiger partial charge in [0.2, 0.25) is 0 Å². The van der Waals surface area contributed by atoms with Crippen LogP contribution < -0.4 is 10.2 Å². The summed E-state index contributed by atoms with van der Waals surface area (Å²) in [6.45, 7) is 4.61. The zero-order chi connectivity index (χ0) is 13.7. The Hall–Kier alpha value is -2.29. The Balaban J connectivity index is 2.16. The second kappa shape index (κ2) is 6.05. The summed E-state index contributed by atoms with van der Waals surface area (Å²) < 4.78 is 0. The van der Waals surface area contributed by atoms with Gasteiger partial charge in [0.25, 0.3) is 0 Å². The number of nitrogens with one attached hydrogen (secondary N) is 1. The molecule has 0 atom stereocenters. The lowest BCUT2D eigenvalue weighted by Crippen LogP contribution is -2.34. The number of carbonyl (C=O) groups is 1. The zero-order valence-electron chi connectivity index (χ0n) is 11.3. The number of benzene rings is 2. The molecular formula is C16H18N2O. The van der Waals surface area contributed by atoms with Crippen LogP contribution in [-0.2, 0) is 0 Å². The summed E-state index contributed by atoms with van der Waals surface area (Å²) in [5.74, 6) is 0. The van der Waals surface area contributed by atoms with E-state index in [1.807, 2.05) is 68.4 Å². The number of nitrogens with zero attached hydrogens (tertiary/aromatic N) is 1. The molecule has 0 aromatic heterocycles. The number of urea groups is 1. The number of rotatable bonds is 3. The largest absolute Gasteiger partial charge is 0.326 e. The molecule has 3 heteroatoms. The fourth-order valence-corrected chi connectivity index (χ4v) is 1.95. The van der Waals surface area contributed by atoms with Gasteiger partial charge in [-0.1, -0.05) is 30.3 Å². The lowest BCUT2D eigenvalue weighted by molar-refractivity contribution is 0.257. The van der Waals surface area contributed by atoms with Gasteiger partial charge in [-0.2, -0.15) is 0 Å². The molecule has 0 aliphatic carbocycles. The van der Waals surface area contributed by atoms with Crippen LogP contribution in [0.4, 0.5) is 16.2 Å². The Bertz CT molecular complexity index is 552. The van der Waals surface area contributed by atoms with Gasteiger partial charge in [-0.25, -0.2) is 4.79 Å². The van der Waals surface area contributed by atoms with Crippen molar-refractivity contribution in [2.24, 2.45) is 0 Å². The average Bonchev–Trinajstić information content (AvgIpc) is 2.41. The Kier molecular flexibility index (Phi) is 4.18. The molecule has 98 valence electrons.